The molecule has 0 spiro atoms. The van der Waals surface area contributed by atoms with Crippen LogP contribution in [0.3, 0.4) is 0 Å². The van der Waals surface area contributed by atoms with Gasteiger partial charge in [0.15, 0.2) is 0 Å². The zero-order chi connectivity index (χ0) is 19.8. The van der Waals surface area contributed by atoms with Gasteiger partial charge in [0, 0.05) is 64.1 Å². The zero-order valence-electron chi connectivity index (χ0n) is 18.2. The first kappa shape index (κ1) is 21.6. The van der Waals surface area contributed by atoms with Crippen molar-refractivity contribution in [3.05, 3.63) is 29.8 Å². The molecular formula is C23H40N4O. The average molecular weight is 389 g/mol. The highest BCUT2D eigenvalue weighted by atomic mass is 16.5. The molecular weight excluding hydrogens is 348 g/mol. The molecule has 1 aromatic rings. The highest BCUT2D eigenvalue weighted by Gasteiger charge is 2.20. The van der Waals surface area contributed by atoms with Crippen LogP contribution < -0.4 is 10.2 Å². The van der Waals surface area contributed by atoms with Gasteiger partial charge in [-0.25, -0.2) is 0 Å². The van der Waals surface area contributed by atoms with Gasteiger partial charge in [0.2, 0.25) is 0 Å². The molecule has 0 radical (unpaired) electrons. The van der Waals surface area contributed by atoms with Gasteiger partial charge in [-0.15, -0.1) is 0 Å². The minimum atomic E-state index is 0.321. The van der Waals surface area contributed by atoms with Crippen LogP contribution in [0.2, 0.25) is 0 Å². The van der Waals surface area contributed by atoms with E-state index < -0.39 is 0 Å². The Kier molecular flexibility index (Phi) is 8.59. The Hall–Kier alpha value is -1.14. The topological polar surface area (TPSA) is 31.0 Å². The van der Waals surface area contributed by atoms with E-state index in [9.17, 15) is 0 Å². The second-order valence-corrected chi connectivity index (χ2v) is 8.56. The van der Waals surface area contributed by atoms with Crippen molar-refractivity contribution < 1.29 is 4.74 Å². The molecule has 2 aliphatic heterocycles. The lowest BCUT2D eigenvalue weighted by molar-refractivity contribution is -0.0274. The maximum absolute atomic E-state index is 5.94. The number of benzene rings is 1. The zero-order valence-corrected chi connectivity index (χ0v) is 18.2. The van der Waals surface area contributed by atoms with Gasteiger partial charge in [-0.05, 0) is 44.5 Å². The second-order valence-electron chi connectivity index (χ2n) is 8.56. The van der Waals surface area contributed by atoms with Crippen molar-refractivity contribution in [1.82, 2.24) is 15.1 Å². The van der Waals surface area contributed by atoms with E-state index in [1.807, 2.05) is 0 Å². The molecule has 0 amide bonds. The number of hydrogen-bond donors (Lipinski definition) is 1. The predicted molar refractivity (Wildman–Crippen MR) is 118 cm³/mol. The third-order valence-electron chi connectivity index (χ3n) is 6.10. The van der Waals surface area contributed by atoms with E-state index in [0.717, 1.165) is 59.0 Å². The minimum absolute atomic E-state index is 0.321. The number of nitrogens with one attached hydrogen (secondary N) is 1. The van der Waals surface area contributed by atoms with E-state index in [1.165, 1.54) is 30.6 Å². The van der Waals surface area contributed by atoms with Crippen molar-refractivity contribution >= 4 is 5.69 Å². The monoisotopic (exact) mass is 388 g/mol. The normalized spacial score (nSPS) is 22.1. The number of morpholine rings is 1. The SMILES string of the molecule is CCCCN1CCO[C@H](CNCc2ccc(N3CCN(C(C)C)CC3)cc2)C1. The van der Waals surface area contributed by atoms with Crippen molar-refractivity contribution in [1.29, 1.82) is 0 Å². The molecule has 0 bridgehead atoms. The molecule has 1 aromatic carbocycles. The van der Waals surface area contributed by atoms with Crippen LogP contribution in [0.1, 0.15) is 39.2 Å². The van der Waals surface area contributed by atoms with Crippen LogP contribution in [0.4, 0.5) is 5.69 Å². The second kappa shape index (κ2) is 11.1. The summed E-state index contributed by atoms with van der Waals surface area (Å²) in [4.78, 5) is 7.62. The predicted octanol–water partition coefficient (Wildman–Crippen LogP) is 2.81. The van der Waals surface area contributed by atoms with Crippen molar-refractivity contribution in [3.63, 3.8) is 0 Å². The van der Waals surface area contributed by atoms with Crippen LogP contribution in [0.5, 0.6) is 0 Å². The lowest BCUT2D eigenvalue weighted by Gasteiger charge is -2.38. The Labute approximate surface area is 172 Å². The summed E-state index contributed by atoms with van der Waals surface area (Å²) < 4.78 is 5.94. The highest BCUT2D eigenvalue weighted by molar-refractivity contribution is 5.48. The summed E-state index contributed by atoms with van der Waals surface area (Å²) in [5, 5.41) is 3.59. The Morgan fingerprint density at radius 3 is 2.50 bits per heavy atom. The van der Waals surface area contributed by atoms with Gasteiger partial charge in [-0.3, -0.25) is 9.80 Å². The molecule has 5 heteroatoms. The molecule has 0 aliphatic carbocycles. The van der Waals surface area contributed by atoms with Crippen LogP contribution in [0.25, 0.3) is 0 Å². The number of piperazine rings is 1. The van der Waals surface area contributed by atoms with Crippen LogP contribution in [-0.4, -0.2) is 80.9 Å². The Bertz CT molecular complexity index is 554. The maximum Gasteiger partial charge on any atom is 0.0826 e. The number of unbranched alkanes of at least 4 members (excludes halogenated alkanes) is 1. The lowest BCUT2D eigenvalue weighted by Crippen LogP contribution is -2.48. The largest absolute Gasteiger partial charge is 0.374 e. The fourth-order valence-corrected chi connectivity index (χ4v) is 4.19. The van der Waals surface area contributed by atoms with Crippen molar-refractivity contribution in [2.75, 3.05) is 63.9 Å². The molecule has 3 rings (SSSR count). The van der Waals surface area contributed by atoms with E-state index in [0.29, 0.717) is 12.1 Å². The first-order valence-electron chi connectivity index (χ1n) is 11.3. The molecule has 0 saturated carbocycles. The number of ether oxygens (including phenoxy) is 1. The smallest absolute Gasteiger partial charge is 0.0826 e. The third kappa shape index (κ3) is 6.45. The van der Waals surface area contributed by atoms with Crippen LogP contribution in [-0.2, 0) is 11.3 Å². The third-order valence-corrected chi connectivity index (χ3v) is 6.10. The van der Waals surface area contributed by atoms with Crippen LogP contribution in [0, 0.1) is 0 Å². The molecule has 1 N–H and O–H groups in total. The molecule has 2 aliphatic rings. The summed E-state index contributed by atoms with van der Waals surface area (Å²) >= 11 is 0. The maximum atomic E-state index is 5.94. The van der Waals surface area contributed by atoms with Gasteiger partial charge in [0.05, 0.1) is 12.7 Å². The molecule has 2 saturated heterocycles. The minimum Gasteiger partial charge on any atom is -0.374 e. The number of nitrogens with zero attached hydrogens (tertiary/aromatic N) is 3. The Morgan fingerprint density at radius 1 is 1.07 bits per heavy atom. The van der Waals surface area contributed by atoms with Crippen molar-refractivity contribution in [2.45, 2.75) is 52.3 Å². The molecule has 158 valence electrons. The molecule has 28 heavy (non-hydrogen) atoms. The van der Waals surface area contributed by atoms with Gasteiger partial charge < -0.3 is 15.0 Å². The molecule has 1 atom stereocenters. The van der Waals surface area contributed by atoms with Gasteiger partial charge in [0.1, 0.15) is 0 Å². The fourth-order valence-electron chi connectivity index (χ4n) is 4.19. The van der Waals surface area contributed by atoms with E-state index in [-0.39, 0.29) is 0 Å². The van der Waals surface area contributed by atoms with Crippen LogP contribution in [0.15, 0.2) is 24.3 Å². The summed E-state index contributed by atoms with van der Waals surface area (Å²) in [6.45, 7) is 17.5. The summed E-state index contributed by atoms with van der Waals surface area (Å²) in [6, 6.07) is 9.76. The van der Waals surface area contributed by atoms with Crippen LogP contribution >= 0.6 is 0 Å². The number of rotatable bonds is 9. The van der Waals surface area contributed by atoms with E-state index in [4.69, 9.17) is 4.74 Å². The summed E-state index contributed by atoms with van der Waals surface area (Å²) in [6.07, 6.45) is 2.88. The molecule has 2 heterocycles. The standard InChI is InChI=1S/C23H40N4O/c1-4-5-10-25-15-16-28-23(19-25)18-24-17-21-6-8-22(9-7-21)27-13-11-26(12-14-27)20(2)3/h6-9,20,23-24H,4-5,10-19H2,1-3H3/t23-/m1/s1. The average Bonchev–Trinajstić information content (AvgIpc) is 2.73. The quantitative estimate of drug-likeness (QED) is 0.703. The summed E-state index contributed by atoms with van der Waals surface area (Å²) in [7, 11) is 0. The molecule has 2 fully saturated rings. The summed E-state index contributed by atoms with van der Waals surface area (Å²) in [5.41, 5.74) is 2.71. The highest BCUT2D eigenvalue weighted by Crippen LogP contribution is 2.18. The Balaban J connectivity index is 1.38. The molecule has 0 aromatic heterocycles. The Morgan fingerprint density at radius 2 is 1.82 bits per heavy atom. The molecule has 5 nitrogen and oxygen atoms in total. The van der Waals surface area contributed by atoms with Crippen molar-refractivity contribution in [2.24, 2.45) is 0 Å². The number of hydrogen-bond acceptors (Lipinski definition) is 5. The lowest BCUT2D eigenvalue weighted by atomic mass is 10.1. The van der Waals surface area contributed by atoms with E-state index >= 15 is 0 Å². The first-order chi connectivity index (χ1) is 13.7. The fraction of sp³-hybridized carbons (Fsp3) is 0.739. The van der Waals surface area contributed by atoms with Gasteiger partial charge >= 0.3 is 0 Å². The van der Waals surface area contributed by atoms with Gasteiger partial charge in [-0.2, -0.15) is 0 Å². The number of anilines is 1. The van der Waals surface area contributed by atoms with Gasteiger partial charge in [-0.1, -0.05) is 25.5 Å². The molecule has 0 unspecified atom stereocenters. The first-order valence-corrected chi connectivity index (χ1v) is 11.3. The summed E-state index contributed by atoms with van der Waals surface area (Å²) in [5.74, 6) is 0. The van der Waals surface area contributed by atoms with E-state index in [1.54, 1.807) is 0 Å². The van der Waals surface area contributed by atoms with E-state index in [2.05, 4.69) is 65.1 Å². The van der Waals surface area contributed by atoms with Gasteiger partial charge in [0.25, 0.3) is 0 Å². The van der Waals surface area contributed by atoms with Crippen molar-refractivity contribution in [3.8, 4) is 0 Å².